The van der Waals surface area contributed by atoms with Gasteiger partial charge in [0.15, 0.2) is 0 Å². The number of piperidine rings is 1. The summed E-state index contributed by atoms with van der Waals surface area (Å²) < 4.78 is 40.3. The van der Waals surface area contributed by atoms with E-state index in [-0.39, 0.29) is 4.90 Å². The highest BCUT2D eigenvalue weighted by atomic mass is 32.2. The molecule has 2 rings (SSSR count). The van der Waals surface area contributed by atoms with Crippen molar-refractivity contribution < 1.29 is 12.8 Å². The van der Waals surface area contributed by atoms with E-state index in [1.165, 1.54) is 12.1 Å². The molecule has 1 aliphatic rings. The summed E-state index contributed by atoms with van der Waals surface area (Å²) in [5.74, 6) is -0.382. The molecule has 0 spiro atoms. The van der Waals surface area contributed by atoms with Crippen LogP contribution in [0.1, 0.15) is 18.4 Å². The van der Waals surface area contributed by atoms with E-state index in [1.807, 2.05) is 0 Å². The molecule has 0 aliphatic carbocycles. The van der Waals surface area contributed by atoms with Crippen molar-refractivity contribution in [3.05, 3.63) is 29.6 Å². The van der Waals surface area contributed by atoms with Gasteiger partial charge in [-0.3, -0.25) is 0 Å². The van der Waals surface area contributed by atoms with Gasteiger partial charge in [-0.05, 0) is 56.5 Å². The van der Waals surface area contributed by atoms with Crippen LogP contribution >= 0.6 is 0 Å². The Labute approximate surface area is 113 Å². The molecule has 6 heteroatoms. The largest absolute Gasteiger partial charge is 0.317 e. The summed E-state index contributed by atoms with van der Waals surface area (Å²) in [7, 11) is -3.76. The van der Waals surface area contributed by atoms with Crippen LogP contribution in [0.4, 0.5) is 4.39 Å². The molecule has 0 bridgehead atoms. The van der Waals surface area contributed by atoms with E-state index >= 15 is 0 Å². The van der Waals surface area contributed by atoms with Gasteiger partial charge in [-0.15, -0.1) is 0 Å². The average Bonchev–Trinajstić information content (AvgIpc) is 2.40. The van der Waals surface area contributed by atoms with Crippen LogP contribution in [0.15, 0.2) is 23.1 Å². The Hall–Kier alpha value is -0.980. The highest BCUT2D eigenvalue weighted by Crippen LogP contribution is 2.17. The van der Waals surface area contributed by atoms with Crippen LogP contribution in [-0.4, -0.2) is 28.1 Å². The zero-order valence-corrected chi connectivity index (χ0v) is 11.8. The smallest absolute Gasteiger partial charge is 0.243 e. The van der Waals surface area contributed by atoms with E-state index in [0.29, 0.717) is 12.5 Å². The molecule has 0 radical (unpaired) electrons. The van der Waals surface area contributed by atoms with Gasteiger partial charge in [0.25, 0.3) is 0 Å². The molecule has 0 amide bonds. The highest BCUT2D eigenvalue weighted by molar-refractivity contribution is 7.89. The number of hydrogen-bond acceptors (Lipinski definition) is 3. The maximum absolute atomic E-state index is 13.6. The van der Waals surface area contributed by atoms with E-state index in [0.717, 1.165) is 31.5 Å². The topological polar surface area (TPSA) is 58.2 Å². The van der Waals surface area contributed by atoms with Crippen molar-refractivity contribution >= 4 is 10.0 Å². The summed E-state index contributed by atoms with van der Waals surface area (Å²) in [5.41, 5.74) is 0.726. The van der Waals surface area contributed by atoms with Crippen LogP contribution in [-0.2, 0) is 10.0 Å². The van der Waals surface area contributed by atoms with Crippen molar-refractivity contribution in [2.24, 2.45) is 5.92 Å². The van der Waals surface area contributed by atoms with Gasteiger partial charge in [0, 0.05) is 6.54 Å². The molecule has 106 valence electrons. The van der Waals surface area contributed by atoms with Gasteiger partial charge < -0.3 is 5.32 Å². The fourth-order valence-electron chi connectivity index (χ4n) is 2.21. The van der Waals surface area contributed by atoms with E-state index in [2.05, 4.69) is 10.0 Å². The number of benzene rings is 1. The molecule has 0 atom stereocenters. The minimum Gasteiger partial charge on any atom is -0.317 e. The first-order chi connectivity index (χ1) is 8.99. The Bertz CT molecular complexity index is 540. The van der Waals surface area contributed by atoms with Gasteiger partial charge in [0.2, 0.25) is 10.0 Å². The molecule has 1 aliphatic heterocycles. The summed E-state index contributed by atoms with van der Waals surface area (Å²) >= 11 is 0. The monoisotopic (exact) mass is 286 g/mol. The fraction of sp³-hybridized carbons (Fsp3) is 0.538. The van der Waals surface area contributed by atoms with Crippen LogP contribution in [0.5, 0.6) is 0 Å². The van der Waals surface area contributed by atoms with Crippen molar-refractivity contribution in [2.75, 3.05) is 19.6 Å². The predicted octanol–water partition coefficient (Wildman–Crippen LogP) is 1.41. The first-order valence-corrected chi connectivity index (χ1v) is 7.94. The molecule has 19 heavy (non-hydrogen) atoms. The third kappa shape index (κ3) is 3.75. The lowest BCUT2D eigenvalue weighted by Crippen LogP contribution is -2.36. The summed E-state index contributed by atoms with van der Waals surface area (Å²) in [6.45, 7) is 3.93. The standard InChI is InChI=1S/C13H19FN2O2S/c1-10-2-3-12(14)13(8-10)19(17,18)16-9-11-4-6-15-7-5-11/h2-3,8,11,15-16H,4-7,9H2,1H3. The molecule has 1 saturated heterocycles. The second-order valence-corrected chi connectivity index (χ2v) is 6.71. The molecule has 0 saturated carbocycles. The minimum absolute atomic E-state index is 0.263. The van der Waals surface area contributed by atoms with Crippen LogP contribution in [0.2, 0.25) is 0 Å². The van der Waals surface area contributed by atoms with Crippen molar-refractivity contribution in [2.45, 2.75) is 24.7 Å². The van der Waals surface area contributed by atoms with E-state index in [1.54, 1.807) is 13.0 Å². The van der Waals surface area contributed by atoms with E-state index in [9.17, 15) is 12.8 Å². The first-order valence-electron chi connectivity index (χ1n) is 6.45. The Kier molecular flexibility index (Phi) is 4.54. The molecule has 1 aromatic rings. The second-order valence-electron chi connectivity index (χ2n) is 4.98. The van der Waals surface area contributed by atoms with Crippen molar-refractivity contribution in [1.29, 1.82) is 0 Å². The van der Waals surface area contributed by atoms with Gasteiger partial charge >= 0.3 is 0 Å². The Balaban J connectivity index is 2.07. The molecule has 0 unspecified atom stereocenters. The first kappa shape index (κ1) is 14.4. The molecular formula is C13H19FN2O2S. The zero-order valence-electron chi connectivity index (χ0n) is 10.9. The maximum atomic E-state index is 13.6. The Morgan fingerprint density at radius 1 is 1.37 bits per heavy atom. The third-order valence-corrected chi connectivity index (χ3v) is 4.84. The fourth-order valence-corrected chi connectivity index (χ4v) is 3.48. The lowest BCUT2D eigenvalue weighted by atomic mass is 9.99. The third-order valence-electron chi connectivity index (χ3n) is 3.40. The lowest BCUT2D eigenvalue weighted by Gasteiger charge is -2.22. The molecule has 1 heterocycles. The van der Waals surface area contributed by atoms with Gasteiger partial charge in [-0.2, -0.15) is 0 Å². The summed E-state index contributed by atoms with van der Waals surface area (Å²) in [5, 5.41) is 3.22. The maximum Gasteiger partial charge on any atom is 0.243 e. The summed E-state index contributed by atoms with van der Waals surface area (Å²) in [6, 6.07) is 4.11. The summed E-state index contributed by atoms with van der Waals surface area (Å²) in [4.78, 5) is -0.263. The average molecular weight is 286 g/mol. The molecule has 0 aromatic heterocycles. The van der Waals surface area contributed by atoms with Crippen molar-refractivity contribution in [1.82, 2.24) is 10.0 Å². The Morgan fingerprint density at radius 2 is 2.05 bits per heavy atom. The van der Waals surface area contributed by atoms with Crippen LogP contribution in [0.3, 0.4) is 0 Å². The van der Waals surface area contributed by atoms with E-state index < -0.39 is 15.8 Å². The van der Waals surface area contributed by atoms with Gasteiger partial charge in [0.1, 0.15) is 10.7 Å². The molecule has 2 N–H and O–H groups in total. The SMILES string of the molecule is Cc1ccc(F)c(S(=O)(=O)NCC2CCNCC2)c1. The normalized spacial score (nSPS) is 17.6. The molecule has 1 aromatic carbocycles. The zero-order chi connectivity index (χ0) is 13.9. The number of nitrogens with one attached hydrogen (secondary N) is 2. The lowest BCUT2D eigenvalue weighted by molar-refractivity contribution is 0.372. The highest BCUT2D eigenvalue weighted by Gasteiger charge is 2.21. The number of rotatable bonds is 4. The van der Waals surface area contributed by atoms with E-state index in [4.69, 9.17) is 0 Å². The second kappa shape index (κ2) is 5.98. The predicted molar refractivity (Wildman–Crippen MR) is 71.9 cm³/mol. The molecular weight excluding hydrogens is 267 g/mol. The number of halogens is 1. The van der Waals surface area contributed by atoms with Crippen molar-refractivity contribution in [3.8, 4) is 0 Å². The molecule has 4 nitrogen and oxygen atoms in total. The van der Waals surface area contributed by atoms with Crippen LogP contribution in [0.25, 0.3) is 0 Å². The van der Waals surface area contributed by atoms with Crippen molar-refractivity contribution in [3.63, 3.8) is 0 Å². The quantitative estimate of drug-likeness (QED) is 0.880. The Morgan fingerprint density at radius 3 is 2.74 bits per heavy atom. The van der Waals surface area contributed by atoms with Crippen LogP contribution < -0.4 is 10.0 Å². The van der Waals surface area contributed by atoms with Gasteiger partial charge in [0.05, 0.1) is 0 Å². The molecule has 1 fully saturated rings. The number of aryl methyl sites for hydroxylation is 1. The van der Waals surface area contributed by atoms with Gasteiger partial charge in [-0.1, -0.05) is 6.07 Å². The minimum atomic E-state index is -3.76. The number of hydrogen-bond donors (Lipinski definition) is 2. The van der Waals surface area contributed by atoms with Crippen LogP contribution in [0, 0.1) is 18.7 Å². The number of sulfonamides is 1. The summed E-state index contributed by atoms with van der Waals surface area (Å²) in [6.07, 6.45) is 1.89. The van der Waals surface area contributed by atoms with Gasteiger partial charge in [-0.25, -0.2) is 17.5 Å².